The zero-order chi connectivity index (χ0) is 22.8. The van der Waals surface area contributed by atoms with Gasteiger partial charge in [-0.25, -0.2) is 8.42 Å². The van der Waals surface area contributed by atoms with Gasteiger partial charge in [-0.2, -0.15) is 17.5 Å². The third kappa shape index (κ3) is 5.12. The Kier molecular flexibility index (Phi) is 6.79. The van der Waals surface area contributed by atoms with E-state index in [1.54, 1.807) is 0 Å². The molecule has 1 heterocycles. The van der Waals surface area contributed by atoms with Crippen molar-refractivity contribution in [3.63, 3.8) is 0 Å². The number of benzene rings is 2. The molecule has 1 N–H and O–H groups in total. The molecule has 0 aliphatic carbocycles. The SMILES string of the molecule is COc1ccc(C(=O)Nc2ccc(Cl)cc2C(F)(F)F)cc1S(=O)(=O)N1CCOCC1. The summed E-state index contributed by atoms with van der Waals surface area (Å²) in [6, 6.07) is 6.53. The molecule has 0 bridgehead atoms. The van der Waals surface area contributed by atoms with Gasteiger partial charge in [0.1, 0.15) is 10.6 Å². The van der Waals surface area contributed by atoms with Crippen LogP contribution in [0.1, 0.15) is 15.9 Å². The molecule has 1 saturated heterocycles. The number of methoxy groups -OCH3 is 1. The van der Waals surface area contributed by atoms with Crippen molar-refractivity contribution in [2.75, 3.05) is 38.7 Å². The Bertz CT molecular complexity index is 1090. The Labute approximate surface area is 181 Å². The number of hydrogen-bond acceptors (Lipinski definition) is 5. The molecule has 3 rings (SSSR count). The van der Waals surface area contributed by atoms with E-state index in [1.165, 1.54) is 29.6 Å². The molecule has 1 aliphatic heterocycles. The van der Waals surface area contributed by atoms with E-state index in [4.69, 9.17) is 21.1 Å². The van der Waals surface area contributed by atoms with Crippen molar-refractivity contribution in [3.8, 4) is 5.75 Å². The van der Waals surface area contributed by atoms with Gasteiger partial charge in [-0.05, 0) is 36.4 Å². The molecule has 2 aromatic carbocycles. The highest BCUT2D eigenvalue weighted by Crippen LogP contribution is 2.37. The van der Waals surface area contributed by atoms with E-state index in [0.717, 1.165) is 12.1 Å². The van der Waals surface area contributed by atoms with Gasteiger partial charge in [0.2, 0.25) is 10.0 Å². The van der Waals surface area contributed by atoms with E-state index in [9.17, 15) is 26.4 Å². The Morgan fingerprint density at radius 1 is 1.16 bits per heavy atom. The first-order valence-corrected chi connectivity index (χ1v) is 10.8. The average molecular weight is 479 g/mol. The number of nitrogens with one attached hydrogen (secondary N) is 1. The molecule has 1 fully saturated rings. The summed E-state index contributed by atoms with van der Waals surface area (Å²) in [6.45, 7) is 0.695. The molecular formula is C19H18ClF3N2O5S. The number of morpholine rings is 1. The van der Waals surface area contributed by atoms with Gasteiger partial charge >= 0.3 is 6.18 Å². The molecule has 1 aliphatic rings. The summed E-state index contributed by atoms with van der Waals surface area (Å²) in [6.07, 6.45) is -4.75. The lowest BCUT2D eigenvalue weighted by Gasteiger charge is -2.26. The van der Waals surface area contributed by atoms with Crippen molar-refractivity contribution in [1.82, 2.24) is 4.31 Å². The predicted octanol–water partition coefficient (Wildman–Crippen LogP) is 3.64. The number of ether oxygens (including phenoxy) is 2. The minimum atomic E-state index is -4.75. The standard InChI is InChI=1S/C19H18ClF3N2O5S/c1-29-16-5-2-12(10-17(16)31(27,28)25-6-8-30-9-7-25)18(26)24-15-4-3-13(20)11-14(15)19(21,22)23/h2-5,10-11H,6-9H2,1H3,(H,24,26). The van der Waals surface area contributed by atoms with Crippen molar-refractivity contribution >= 4 is 33.2 Å². The number of rotatable bonds is 5. The fourth-order valence-electron chi connectivity index (χ4n) is 3.00. The lowest BCUT2D eigenvalue weighted by Crippen LogP contribution is -2.40. The Hall–Kier alpha value is -2.34. The summed E-state index contributed by atoms with van der Waals surface area (Å²) < 4.78 is 77.4. The van der Waals surface area contributed by atoms with Crippen molar-refractivity contribution < 1.29 is 35.9 Å². The molecule has 0 radical (unpaired) electrons. The van der Waals surface area contributed by atoms with Crippen LogP contribution in [0.25, 0.3) is 0 Å². The number of nitrogens with zero attached hydrogens (tertiary/aromatic N) is 1. The minimum absolute atomic E-state index is 0.00511. The number of alkyl halides is 3. The quantitative estimate of drug-likeness (QED) is 0.709. The topological polar surface area (TPSA) is 84.9 Å². The smallest absolute Gasteiger partial charge is 0.418 e. The predicted molar refractivity (Wildman–Crippen MR) is 107 cm³/mol. The first kappa shape index (κ1) is 23.3. The zero-order valence-electron chi connectivity index (χ0n) is 16.2. The van der Waals surface area contributed by atoms with Crippen LogP contribution in [0.2, 0.25) is 5.02 Å². The van der Waals surface area contributed by atoms with Gasteiger partial charge in [0.05, 0.1) is 31.6 Å². The van der Waals surface area contributed by atoms with E-state index in [2.05, 4.69) is 5.32 Å². The van der Waals surface area contributed by atoms with Crippen molar-refractivity contribution in [2.24, 2.45) is 0 Å². The van der Waals surface area contributed by atoms with Crippen LogP contribution in [0, 0.1) is 0 Å². The molecule has 0 atom stereocenters. The van der Waals surface area contributed by atoms with Crippen LogP contribution in [-0.4, -0.2) is 52.0 Å². The van der Waals surface area contributed by atoms with Crippen LogP contribution >= 0.6 is 11.6 Å². The second-order valence-corrected chi connectivity index (χ2v) is 8.87. The normalized spacial score (nSPS) is 15.5. The maximum absolute atomic E-state index is 13.3. The molecule has 1 amide bonds. The number of hydrogen-bond donors (Lipinski definition) is 1. The van der Waals surface area contributed by atoms with Crippen LogP contribution in [0.15, 0.2) is 41.3 Å². The number of amides is 1. The van der Waals surface area contributed by atoms with Gasteiger partial charge in [-0.1, -0.05) is 11.6 Å². The van der Waals surface area contributed by atoms with Crippen LogP contribution in [0.3, 0.4) is 0 Å². The Morgan fingerprint density at radius 2 is 1.84 bits per heavy atom. The van der Waals surface area contributed by atoms with Crippen molar-refractivity contribution in [2.45, 2.75) is 11.1 Å². The highest BCUT2D eigenvalue weighted by atomic mass is 35.5. The summed E-state index contributed by atoms with van der Waals surface area (Å²) in [7, 11) is -2.75. The van der Waals surface area contributed by atoms with E-state index in [-0.39, 0.29) is 47.5 Å². The summed E-state index contributed by atoms with van der Waals surface area (Å²) in [5, 5.41) is 2.02. The first-order valence-electron chi connectivity index (χ1n) is 8.98. The van der Waals surface area contributed by atoms with E-state index >= 15 is 0 Å². The molecule has 0 saturated carbocycles. The van der Waals surface area contributed by atoms with Crippen LogP contribution in [0.4, 0.5) is 18.9 Å². The summed E-state index contributed by atoms with van der Waals surface area (Å²) in [5.41, 5.74) is -1.78. The summed E-state index contributed by atoms with van der Waals surface area (Å²) in [5.74, 6) is -0.917. The van der Waals surface area contributed by atoms with Crippen molar-refractivity contribution in [1.29, 1.82) is 0 Å². The minimum Gasteiger partial charge on any atom is -0.495 e. The first-order chi connectivity index (χ1) is 14.5. The zero-order valence-corrected chi connectivity index (χ0v) is 17.8. The van der Waals surface area contributed by atoms with Gasteiger partial charge in [-0.3, -0.25) is 4.79 Å². The Balaban J connectivity index is 1.96. The van der Waals surface area contributed by atoms with E-state index < -0.39 is 33.4 Å². The van der Waals surface area contributed by atoms with Crippen LogP contribution in [0.5, 0.6) is 5.75 Å². The van der Waals surface area contributed by atoms with Gasteiger partial charge < -0.3 is 14.8 Å². The monoisotopic (exact) mass is 478 g/mol. The average Bonchev–Trinajstić information content (AvgIpc) is 2.74. The molecule has 2 aromatic rings. The Morgan fingerprint density at radius 3 is 2.45 bits per heavy atom. The maximum Gasteiger partial charge on any atom is 0.418 e. The highest BCUT2D eigenvalue weighted by Gasteiger charge is 2.35. The number of carbonyl (C=O) groups is 1. The lowest BCUT2D eigenvalue weighted by molar-refractivity contribution is -0.136. The third-order valence-corrected chi connectivity index (χ3v) is 6.70. The molecule has 0 aromatic heterocycles. The molecule has 31 heavy (non-hydrogen) atoms. The van der Waals surface area contributed by atoms with Gasteiger partial charge in [0.25, 0.3) is 5.91 Å². The number of carbonyl (C=O) groups excluding carboxylic acids is 1. The van der Waals surface area contributed by atoms with E-state index in [1.807, 2.05) is 0 Å². The summed E-state index contributed by atoms with van der Waals surface area (Å²) in [4.78, 5) is 12.4. The second kappa shape index (κ2) is 9.03. The second-order valence-electron chi connectivity index (χ2n) is 6.52. The molecule has 0 unspecified atom stereocenters. The molecule has 168 valence electrons. The van der Waals surface area contributed by atoms with Crippen LogP contribution in [-0.2, 0) is 20.9 Å². The highest BCUT2D eigenvalue weighted by molar-refractivity contribution is 7.89. The summed E-state index contributed by atoms with van der Waals surface area (Å²) >= 11 is 5.65. The van der Waals surface area contributed by atoms with Gasteiger partial charge in [0.15, 0.2) is 0 Å². The fraction of sp³-hybridized carbons (Fsp3) is 0.316. The largest absolute Gasteiger partial charge is 0.495 e. The maximum atomic E-state index is 13.3. The lowest BCUT2D eigenvalue weighted by atomic mass is 10.1. The molecular weight excluding hydrogens is 461 g/mol. The van der Waals surface area contributed by atoms with Crippen LogP contribution < -0.4 is 10.1 Å². The fourth-order valence-corrected chi connectivity index (χ4v) is 4.76. The molecule has 7 nitrogen and oxygen atoms in total. The number of halogens is 4. The molecule has 0 spiro atoms. The van der Waals surface area contributed by atoms with Crippen molar-refractivity contribution in [3.05, 3.63) is 52.5 Å². The van der Waals surface area contributed by atoms with E-state index in [0.29, 0.717) is 6.07 Å². The van der Waals surface area contributed by atoms with Gasteiger partial charge in [-0.15, -0.1) is 0 Å². The third-order valence-electron chi connectivity index (χ3n) is 4.55. The number of anilines is 1. The number of sulfonamides is 1. The molecule has 12 heteroatoms. The van der Waals surface area contributed by atoms with Gasteiger partial charge in [0, 0.05) is 23.7 Å².